The minimum atomic E-state index is -0.793. The van der Waals surface area contributed by atoms with Gasteiger partial charge in [-0.05, 0) is 48.4 Å². The van der Waals surface area contributed by atoms with Crippen molar-refractivity contribution >= 4 is 17.5 Å². The number of nitrogens with one attached hydrogen (secondary N) is 2. The molecule has 0 heterocycles. The first-order valence-corrected chi connectivity index (χ1v) is 9.15. The van der Waals surface area contributed by atoms with E-state index in [0.29, 0.717) is 22.6 Å². The Bertz CT molecular complexity index is 806. The highest BCUT2D eigenvalue weighted by atomic mass is 16.5. The summed E-state index contributed by atoms with van der Waals surface area (Å²) in [7, 11) is 1.33. The lowest BCUT2D eigenvalue weighted by atomic mass is 10.00. The van der Waals surface area contributed by atoms with Gasteiger partial charge in [-0.15, -0.1) is 0 Å². The molecule has 0 aliphatic rings. The van der Waals surface area contributed by atoms with E-state index in [4.69, 9.17) is 25.7 Å². The summed E-state index contributed by atoms with van der Waals surface area (Å²) >= 11 is 0. The van der Waals surface area contributed by atoms with Gasteiger partial charge in [-0.2, -0.15) is 0 Å². The number of carbonyl (C=O) groups is 1. The number of nitrogen functional groups attached to an aromatic ring is 1. The van der Waals surface area contributed by atoms with E-state index < -0.39 is 12.0 Å². The maximum absolute atomic E-state index is 12.5. The highest BCUT2D eigenvalue weighted by molar-refractivity contribution is 5.95. The van der Waals surface area contributed by atoms with E-state index in [1.807, 2.05) is 18.2 Å². The third kappa shape index (κ3) is 5.47. The van der Waals surface area contributed by atoms with Gasteiger partial charge in [0, 0.05) is 16.8 Å². The molecule has 0 spiro atoms. The van der Waals surface area contributed by atoms with E-state index in [2.05, 4.69) is 12.2 Å². The van der Waals surface area contributed by atoms with Crippen molar-refractivity contribution in [3.63, 3.8) is 0 Å². The minimum absolute atomic E-state index is 0.0250. The van der Waals surface area contributed by atoms with Crippen LogP contribution in [0.3, 0.4) is 0 Å². The standard InChI is InChI=1S/C21H27N3O4/c1-3-4-14-5-10-18(28-12-11-25)17(13-14)19(21(26)27-2)24-16-8-6-15(7-9-16)20(22)23/h5-10,13,19,24-25H,3-4,11-12H2,1-2H3,(H3,22,23). The van der Waals surface area contributed by atoms with Gasteiger partial charge in [0.15, 0.2) is 6.04 Å². The van der Waals surface area contributed by atoms with Crippen molar-refractivity contribution in [1.29, 1.82) is 5.41 Å². The summed E-state index contributed by atoms with van der Waals surface area (Å²) in [5.41, 5.74) is 8.48. The number of rotatable bonds is 10. The molecular weight excluding hydrogens is 358 g/mol. The molecule has 2 rings (SSSR count). The van der Waals surface area contributed by atoms with E-state index in [1.165, 1.54) is 7.11 Å². The highest BCUT2D eigenvalue weighted by Gasteiger charge is 2.25. The van der Waals surface area contributed by atoms with Crippen LogP contribution in [0.2, 0.25) is 0 Å². The van der Waals surface area contributed by atoms with Crippen LogP contribution in [0.15, 0.2) is 42.5 Å². The molecule has 1 unspecified atom stereocenters. The van der Waals surface area contributed by atoms with Gasteiger partial charge in [-0.1, -0.05) is 19.4 Å². The van der Waals surface area contributed by atoms with E-state index in [9.17, 15) is 4.79 Å². The quantitative estimate of drug-likeness (QED) is 0.284. The number of nitrogens with two attached hydrogens (primary N) is 1. The van der Waals surface area contributed by atoms with Gasteiger partial charge in [0.05, 0.1) is 13.7 Å². The Morgan fingerprint density at radius 2 is 1.96 bits per heavy atom. The summed E-state index contributed by atoms with van der Waals surface area (Å²) in [6.45, 7) is 2.09. The number of ether oxygens (including phenoxy) is 2. The van der Waals surface area contributed by atoms with Crippen LogP contribution in [0.1, 0.15) is 36.1 Å². The molecule has 0 aromatic heterocycles. The van der Waals surface area contributed by atoms with Crippen molar-refractivity contribution in [2.24, 2.45) is 5.73 Å². The number of esters is 1. The SMILES string of the molecule is CCCc1ccc(OCCO)c(C(Nc2ccc(C(=N)N)cc2)C(=O)OC)c1. The number of benzene rings is 2. The lowest BCUT2D eigenvalue weighted by Crippen LogP contribution is -2.23. The normalized spacial score (nSPS) is 11.5. The van der Waals surface area contributed by atoms with E-state index in [-0.39, 0.29) is 19.0 Å². The van der Waals surface area contributed by atoms with Crippen molar-refractivity contribution in [3.8, 4) is 5.75 Å². The number of anilines is 1. The molecule has 150 valence electrons. The lowest BCUT2D eigenvalue weighted by molar-refractivity contribution is -0.141. The Morgan fingerprint density at radius 3 is 2.54 bits per heavy atom. The lowest BCUT2D eigenvalue weighted by Gasteiger charge is -2.22. The number of aryl methyl sites for hydroxylation is 1. The number of hydrogen-bond acceptors (Lipinski definition) is 6. The number of aliphatic hydroxyl groups excluding tert-OH is 1. The second kappa shape index (κ2) is 10.3. The van der Waals surface area contributed by atoms with Crippen LogP contribution in [0.25, 0.3) is 0 Å². The molecule has 7 heteroatoms. The Balaban J connectivity index is 2.41. The maximum Gasteiger partial charge on any atom is 0.333 e. The molecule has 0 saturated carbocycles. The van der Waals surface area contributed by atoms with Crippen LogP contribution >= 0.6 is 0 Å². The van der Waals surface area contributed by atoms with E-state index >= 15 is 0 Å². The van der Waals surface area contributed by atoms with Crippen molar-refractivity contribution in [1.82, 2.24) is 0 Å². The molecule has 0 aliphatic heterocycles. The molecule has 7 nitrogen and oxygen atoms in total. The summed E-state index contributed by atoms with van der Waals surface area (Å²) in [6.07, 6.45) is 1.84. The van der Waals surface area contributed by atoms with Gasteiger partial charge in [0.25, 0.3) is 0 Å². The van der Waals surface area contributed by atoms with Crippen molar-refractivity contribution < 1.29 is 19.4 Å². The van der Waals surface area contributed by atoms with Gasteiger partial charge < -0.3 is 25.6 Å². The van der Waals surface area contributed by atoms with Gasteiger partial charge in [-0.25, -0.2) is 4.79 Å². The summed E-state index contributed by atoms with van der Waals surface area (Å²) in [5, 5.41) is 19.7. The fraction of sp³-hybridized carbons (Fsp3) is 0.333. The zero-order valence-electron chi connectivity index (χ0n) is 16.2. The average Bonchev–Trinajstić information content (AvgIpc) is 2.71. The largest absolute Gasteiger partial charge is 0.491 e. The van der Waals surface area contributed by atoms with Crippen LogP contribution in [0, 0.1) is 5.41 Å². The summed E-state index contributed by atoms with van der Waals surface area (Å²) < 4.78 is 10.6. The molecule has 0 saturated heterocycles. The first kappa shape index (κ1) is 21.2. The third-order valence-electron chi connectivity index (χ3n) is 4.22. The molecule has 5 N–H and O–H groups in total. The Hall–Kier alpha value is -3.06. The van der Waals surface area contributed by atoms with Crippen LogP contribution in [-0.2, 0) is 16.0 Å². The second-order valence-corrected chi connectivity index (χ2v) is 6.29. The zero-order valence-corrected chi connectivity index (χ0v) is 16.2. The smallest absolute Gasteiger partial charge is 0.333 e. The van der Waals surface area contributed by atoms with Gasteiger partial charge in [0.2, 0.25) is 0 Å². The molecule has 0 bridgehead atoms. The highest BCUT2D eigenvalue weighted by Crippen LogP contribution is 2.31. The first-order chi connectivity index (χ1) is 13.5. The van der Waals surface area contributed by atoms with Gasteiger partial charge >= 0.3 is 5.97 Å². The summed E-state index contributed by atoms with van der Waals surface area (Å²) in [4.78, 5) is 12.5. The fourth-order valence-electron chi connectivity index (χ4n) is 2.85. The molecule has 2 aromatic rings. The molecular formula is C21H27N3O4. The summed E-state index contributed by atoms with van der Waals surface area (Å²) in [6, 6.07) is 11.8. The Morgan fingerprint density at radius 1 is 1.25 bits per heavy atom. The second-order valence-electron chi connectivity index (χ2n) is 6.29. The Labute approximate surface area is 165 Å². The Kier molecular flexibility index (Phi) is 7.83. The monoisotopic (exact) mass is 385 g/mol. The third-order valence-corrected chi connectivity index (χ3v) is 4.22. The molecule has 0 aliphatic carbocycles. The molecule has 0 fully saturated rings. The van der Waals surface area contributed by atoms with Crippen LogP contribution < -0.4 is 15.8 Å². The zero-order chi connectivity index (χ0) is 20.5. The molecule has 0 radical (unpaired) electrons. The number of methoxy groups -OCH3 is 1. The number of aliphatic hydroxyl groups is 1. The molecule has 1 atom stereocenters. The maximum atomic E-state index is 12.5. The van der Waals surface area contributed by atoms with Gasteiger partial charge in [-0.3, -0.25) is 5.41 Å². The predicted octanol–water partition coefficient (Wildman–Crippen LogP) is 2.62. The topological polar surface area (TPSA) is 118 Å². The first-order valence-electron chi connectivity index (χ1n) is 9.15. The van der Waals surface area contributed by atoms with Crippen LogP contribution in [-0.4, -0.2) is 37.2 Å². The van der Waals surface area contributed by atoms with Crippen molar-refractivity contribution in [2.75, 3.05) is 25.6 Å². The van der Waals surface area contributed by atoms with Gasteiger partial charge in [0.1, 0.15) is 18.2 Å². The van der Waals surface area contributed by atoms with Crippen LogP contribution in [0.5, 0.6) is 5.75 Å². The van der Waals surface area contributed by atoms with E-state index in [0.717, 1.165) is 18.4 Å². The average molecular weight is 385 g/mol. The number of amidine groups is 1. The molecule has 28 heavy (non-hydrogen) atoms. The minimum Gasteiger partial charge on any atom is -0.491 e. The molecule has 2 aromatic carbocycles. The summed E-state index contributed by atoms with van der Waals surface area (Å²) in [5.74, 6) is 0.0262. The van der Waals surface area contributed by atoms with E-state index in [1.54, 1.807) is 24.3 Å². The van der Waals surface area contributed by atoms with Crippen LogP contribution in [0.4, 0.5) is 5.69 Å². The molecule has 0 amide bonds. The van der Waals surface area contributed by atoms with Crippen molar-refractivity contribution in [3.05, 3.63) is 59.2 Å². The van der Waals surface area contributed by atoms with Crippen molar-refractivity contribution in [2.45, 2.75) is 25.8 Å². The predicted molar refractivity (Wildman–Crippen MR) is 109 cm³/mol. The number of carbonyl (C=O) groups excluding carboxylic acids is 1. The fourth-order valence-corrected chi connectivity index (χ4v) is 2.85. The number of hydrogen-bond donors (Lipinski definition) is 4.